The van der Waals surface area contributed by atoms with Crippen LogP contribution in [0.4, 0.5) is 10.1 Å². The Labute approximate surface area is 195 Å². The molecule has 174 valence electrons. The van der Waals surface area contributed by atoms with Gasteiger partial charge in [-0.25, -0.2) is 4.39 Å². The van der Waals surface area contributed by atoms with E-state index in [2.05, 4.69) is 18.5 Å². The summed E-state index contributed by atoms with van der Waals surface area (Å²) in [4.78, 5) is 4.59. The smallest absolute Gasteiger partial charge is 0.159 e. The molecule has 0 fully saturated rings. The van der Waals surface area contributed by atoms with Crippen LogP contribution in [0.1, 0.15) is 98.4 Å². The Balaban J connectivity index is 4.32. The zero-order chi connectivity index (χ0) is 24.9. The van der Waals surface area contributed by atoms with Gasteiger partial charge < -0.3 is 0 Å². The van der Waals surface area contributed by atoms with E-state index in [4.69, 9.17) is 0 Å². The molecule has 0 aromatic heterocycles. The van der Waals surface area contributed by atoms with Crippen LogP contribution in [-0.2, 0) is 12.8 Å². The predicted octanol–water partition coefficient (Wildman–Crippen LogP) is 9.10. The van der Waals surface area contributed by atoms with Crippen LogP contribution in [-0.4, -0.2) is 11.4 Å². The highest BCUT2D eigenvalue weighted by Crippen LogP contribution is 2.40. The number of hydrogen-bond acceptors (Lipinski definition) is 2. The number of nitrogens with one attached hydrogen (secondary N) is 1. The second kappa shape index (κ2) is 11.4. The standard InChI is InChI=1S/C29H41FN2/c1-13-19(10)21(12)25(20(11)16(4)5)28(31)26-23(15-3)22(14-2)24(17(6)7)29(27(26)30)32-18(8)9/h13,31H,6,14-15H2,1-5,7-12H3/b19-13-,25-21-,31-28?. The van der Waals surface area contributed by atoms with Crippen LogP contribution in [0.5, 0.6) is 0 Å². The highest BCUT2D eigenvalue weighted by atomic mass is 19.1. The molecule has 0 amide bonds. The summed E-state index contributed by atoms with van der Waals surface area (Å²) in [7, 11) is 0. The number of nitrogens with zero attached hydrogens (tertiary/aromatic N) is 1. The lowest BCUT2D eigenvalue weighted by Crippen LogP contribution is -2.16. The van der Waals surface area contributed by atoms with Gasteiger partial charge in [0, 0.05) is 22.4 Å². The highest BCUT2D eigenvalue weighted by Gasteiger charge is 2.28. The van der Waals surface area contributed by atoms with E-state index >= 15 is 4.39 Å². The molecule has 0 unspecified atom stereocenters. The topological polar surface area (TPSA) is 36.2 Å². The maximum atomic E-state index is 16.3. The summed E-state index contributed by atoms with van der Waals surface area (Å²) in [6.45, 7) is 26.0. The third-order valence-electron chi connectivity index (χ3n) is 6.13. The van der Waals surface area contributed by atoms with E-state index in [1.165, 1.54) is 0 Å². The Morgan fingerprint density at radius 2 is 1.41 bits per heavy atom. The van der Waals surface area contributed by atoms with Crippen molar-refractivity contribution in [3.8, 4) is 0 Å². The van der Waals surface area contributed by atoms with Crippen molar-refractivity contribution >= 4 is 22.7 Å². The van der Waals surface area contributed by atoms with Crippen molar-refractivity contribution in [1.82, 2.24) is 0 Å². The third kappa shape index (κ3) is 5.43. The second-order valence-corrected chi connectivity index (χ2v) is 8.89. The molecule has 0 heterocycles. The van der Waals surface area contributed by atoms with Crippen molar-refractivity contribution in [1.29, 1.82) is 5.41 Å². The van der Waals surface area contributed by atoms with Gasteiger partial charge in [0.15, 0.2) is 5.82 Å². The van der Waals surface area contributed by atoms with E-state index in [9.17, 15) is 5.41 Å². The van der Waals surface area contributed by atoms with Gasteiger partial charge in [0.05, 0.1) is 5.71 Å². The van der Waals surface area contributed by atoms with Gasteiger partial charge in [0.25, 0.3) is 0 Å². The largest absolute Gasteiger partial charge is 0.300 e. The molecule has 0 saturated heterocycles. The van der Waals surface area contributed by atoms with Crippen LogP contribution in [0.3, 0.4) is 0 Å². The number of hydrogen-bond donors (Lipinski definition) is 1. The maximum absolute atomic E-state index is 16.3. The number of halogens is 1. The van der Waals surface area contributed by atoms with E-state index in [1.807, 2.05) is 75.3 Å². The number of aliphatic imine (C=N–C) groups is 1. The van der Waals surface area contributed by atoms with Crippen LogP contribution in [0, 0.1) is 11.2 Å². The van der Waals surface area contributed by atoms with Gasteiger partial charge in [-0.1, -0.05) is 37.6 Å². The van der Waals surface area contributed by atoms with Gasteiger partial charge in [-0.3, -0.25) is 10.4 Å². The second-order valence-electron chi connectivity index (χ2n) is 8.89. The first-order valence-corrected chi connectivity index (χ1v) is 11.5. The summed E-state index contributed by atoms with van der Waals surface area (Å²) in [5.41, 5.74) is 10.2. The molecule has 0 aliphatic carbocycles. The molecule has 1 rings (SSSR count). The zero-order valence-corrected chi connectivity index (χ0v) is 22.0. The van der Waals surface area contributed by atoms with Gasteiger partial charge >= 0.3 is 0 Å². The quantitative estimate of drug-likeness (QED) is 0.311. The Hall–Kier alpha value is -2.55. The maximum Gasteiger partial charge on any atom is 0.159 e. The average molecular weight is 437 g/mol. The first-order chi connectivity index (χ1) is 14.8. The van der Waals surface area contributed by atoms with E-state index < -0.39 is 5.82 Å². The van der Waals surface area contributed by atoms with Crippen molar-refractivity contribution < 1.29 is 4.39 Å². The number of benzene rings is 1. The lowest BCUT2D eigenvalue weighted by Gasteiger charge is -2.24. The SMILES string of the molecule is C=C(C)c1c(CC)c(CC)c(C(=N)/C(C(C)=C(C)C)=C(C)\C(C)=C/C)c(F)c1N=C(C)C. The van der Waals surface area contributed by atoms with Crippen LogP contribution >= 0.6 is 0 Å². The lowest BCUT2D eigenvalue weighted by molar-refractivity contribution is 0.623. The molecule has 0 saturated carbocycles. The van der Waals surface area contributed by atoms with E-state index in [-0.39, 0.29) is 5.71 Å². The Morgan fingerprint density at radius 3 is 1.78 bits per heavy atom. The fourth-order valence-corrected chi connectivity index (χ4v) is 4.08. The predicted molar refractivity (Wildman–Crippen MR) is 141 cm³/mol. The zero-order valence-electron chi connectivity index (χ0n) is 22.0. The average Bonchev–Trinajstić information content (AvgIpc) is 2.72. The number of rotatable bonds is 8. The minimum atomic E-state index is -0.423. The molecule has 0 spiro atoms. The van der Waals surface area contributed by atoms with Crippen LogP contribution in [0.25, 0.3) is 5.57 Å². The molecule has 1 aromatic carbocycles. The lowest BCUT2D eigenvalue weighted by atomic mass is 9.81. The van der Waals surface area contributed by atoms with Crippen LogP contribution < -0.4 is 0 Å². The van der Waals surface area contributed by atoms with Gasteiger partial charge in [0.1, 0.15) is 5.69 Å². The molecule has 0 atom stereocenters. The fraction of sp³-hybridized carbons (Fsp3) is 0.448. The van der Waals surface area contributed by atoms with E-state index in [1.54, 1.807) is 0 Å². The Morgan fingerprint density at radius 1 is 0.906 bits per heavy atom. The summed E-state index contributed by atoms with van der Waals surface area (Å²) >= 11 is 0. The first-order valence-electron chi connectivity index (χ1n) is 11.5. The highest BCUT2D eigenvalue weighted by molar-refractivity contribution is 6.16. The van der Waals surface area contributed by atoms with Gasteiger partial charge in [-0.05, 0) is 103 Å². The molecular formula is C29H41FN2. The first kappa shape index (κ1) is 27.5. The normalized spacial score (nSPS) is 12.3. The summed E-state index contributed by atoms with van der Waals surface area (Å²) in [5.74, 6) is -0.423. The molecule has 1 N–H and O–H groups in total. The fourth-order valence-electron chi connectivity index (χ4n) is 4.08. The van der Waals surface area contributed by atoms with Gasteiger partial charge in [0.2, 0.25) is 0 Å². The van der Waals surface area contributed by atoms with Crippen LogP contribution in [0.2, 0.25) is 0 Å². The van der Waals surface area contributed by atoms with E-state index in [0.29, 0.717) is 17.7 Å². The van der Waals surface area contributed by atoms with Crippen molar-refractivity contribution in [3.63, 3.8) is 0 Å². The Bertz CT molecular complexity index is 1050. The van der Waals surface area contributed by atoms with Crippen molar-refractivity contribution in [2.75, 3.05) is 0 Å². The third-order valence-corrected chi connectivity index (χ3v) is 6.13. The molecular weight excluding hydrogens is 395 g/mol. The monoisotopic (exact) mass is 436 g/mol. The van der Waals surface area contributed by atoms with E-state index in [0.717, 1.165) is 62.3 Å². The van der Waals surface area contributed by atoms with Gasteiger partial charge in [-0.15, -0.1) is 0 Å². The molecule has 3 heteroatoms. The molecule has 32 heavy (non-hydrogen) atoms. The van der Waals surface area contributed by atoms with Crippen molar-refractivity contribution in [2.24, 2.45) is 4.99 Å². The molecule has 1 aromatic rings. The van der Waals surface area contributed by atoms with Crippen LogP contribution in [0.15, 0.2) is 45.5 Å². The number of allylic oxidation sites excluding steroid dienone is 7. The molecule has 0 radical (unpaired) electrons. The summed E-state index contributed by atoms with van der Waals surface area (Å²) in [6.07, 6.45) is 3.40. The summed E-state index contributed by atoms with van der Waals surface area (Å²) < 4.78 is 16.3. The minimum absolute atomic E-state index is 0.227. The minimum Gasteiger partial charge on any atom is -0.300 e. The summed E-state index contributed by atoms with van der Waals surface area (Å²) in [5, 5.41) is 9.29. The molecule has 0 aliphatic heterocycles. The molecule has 0 aliphatic rings. The summed E-state index contributed by atoms with van der Waals surface area (Å²) in [6, 6.07) is 0. The van der Waals surface area contributed by atoms with Crippen molar-refractivity contribution in [2.45, 2.75) is 89.0 Å². The Kier molecular flexibility index (Phi) is 9.75. The van der Waals surface area contributed by atoms with Gasteiger partial charge in [-0.2, -0.15) is 0 Å². The van der Waals surface area contributed by atoms with Crippen molar-refractivity contribution in [3.05, 3.63) is 68.6 Å². The molecule has 0 bridgehead atoms. The molecule has 2 nitrogen and oxygen atoms in total.